The van der Waals surface area contributed by atoms with Crippen LogP contribution in [0.5, 0.6) is 0 Å². The second-order valence-electron chi connectivity index (χ2n) is 2.37. The standard InChI is InChI=1S/C9H4Br2N2/c10-8-3-6(1-2-12)9(11)7(4-8)5-13/h3-4H,1H2. The van der Waals surface area contributed by atoms with Gasteiger partial charge in [-0.2, -0.15) is 10.5 Å². The van der Waals surface area contributed by atoms with E-state index >= 15 is 0 Å². The van der Waals surface area contributed by atoms with Crippen LogP contribution in [-0.2, 0) is 6.42 Å². The molecule has 0 aliphatic carbocycles. The quantitative estimate of drug-likeness (QED) is 0.800. The van der Waals surface area contributed by atoms with Crippen molar-refractivity contribution < 1.29 is 0 Å². The maximum atomic E-state index is 8.75. The van der Waals surface area contributed by atoms with Crippen molar-refractivity contribution >= 4 is 31.9 Å². The van der Waals surface area contributed by atoms with Gasteiger partial charge >= 0.3 is 0 Å². The summed E-state index contributed by atoms with van der Waals surface area (Å²) in [5.74, 6) is 0. The molecule has 0 spiro atoms. The van der Waals surface area contributed by atoms with Gasteiger partial charge in [0.25, 0.3) is 0 Å². The molecule has 0 radical (unpaired) electrons. The Kier molecular flexibility index (Phi) is 3.48. The van der Waals surface area contributed by atoms with Gasteiger partial charge < -0.3 is 0 Å². The zero-order chi connectivity index (χ0) is 9.84. The Morgan fingerprint density at radius 1 is 1.23 bits per heavy atom. The third kappa shape index (κ3) is 2.30. The minimum atomic E-state index is 0.300. The van der Waals surface area contributed by atoms with Gasteiger partial charge in [-0.05, 0) is 33.6 Å². The highest BCUT2D eigenvalue weighted by atomic mass is 79.9. The van der Waals surface area contributed by atoms with Crippen molar-refractivity contribution in [3.63, 3.8) is 0 Å². The molecule has 0 amide bonds. The molecule has 0 N–H and O–H groups in total. The van der Waals surface area contributed by atoms with E-state index in [1.807, 2.05) is 18.2 Å². The Morgan fingerprint density at radius 3 is 2.46 bits per heavy atom. The average Bonchev–Trinajstić information content (AvgIpc) is 2.11. The summed E-state index contributed by atoms with van der Waals surface area (Å²) in [6.45, 7) is 0. The van der Waals surface area contributed by atoms with Gasteiger partial charge in [-0.15, -0.1) is 0 Å². The Hall–Kier alpha value is -0.840. The van der Waals surface area contributed by atoms with E-state index in [1.165, 1.54) is 0 Å². The molecule has 0 aromatic heterocycles. The summed E-state index contributed by atoms with van der Waals surface area (Å²) in [6, 6.07) is 7.63. The summed E-state index contributed by atoms with van der Waals surface area (Å²) in [5, 5.41) is 17.3. The Bertz CT molecular complexity index is 413. The van der Waals surface area contributed by atoms with Crippen molar-refractivity contribution in [3.05, 3.63) is 32.2 Å². The van der Waals surface area contributed by atoms with Crippen LogP contribution in [0.25, 0.3) is 0 Å². The highest BCUT2D eigenvalue weighted by Crippen LogP contribution is 2.26. The first kappa shape index (κ1) is 10.2. The van der Waals surface area contributed by atoms with Crippen LogP contribution in [0.4, 0.5) is 0 Å². The molecule has 1 rings (SSSR count). The predicted molar refractivity (Wildman–Crippen MR) is 55.9 cm³/mol. The maximum Gasteiger partial charge on any atom is 0.100 e. The number of halogens is 2. The summed E-state index contributed by atoms with van der Waals surface area (Å²) in [5.41, 5.74) is 1.37. The minimum absolute atomic E-state index is 0.300. The van der Waals surface area contributed by atoms with E-state index in [0.717, 1.165) is 10.0 Å². The lowest BCUT2D eigenvalue weighted by Gasteiger charge is -2.02. The van der Waals surface area contributed by atoms with E-state index < -0.39 is 0 Å². The van der Waals surface area contributed by atoms with E-state index in [2.05, 4.69) is 31.9 Å². The van der Waals surface area contributed by atoms with E-state index in [4.69, 9.17) is 10.5 Å². The molecule has 13 heavy (non-hydrogen) atoms. The fourth-order valence-corrected chi connectivity index (χ4v) is 1.90. The molecule has 0 saturated heterocycles. The van der Waals surface area contributed by atoms with Crippen molar-refractivity contribution in [3.8, 4) is 12.1 Å². The highest BCUT2D eigenvalue weighted by Gasteiger charge is 2.06. The Morgan fingerprint density at radius 2 is 1.92 bits per heavy atom. The van der Waals surface area contributed by atoms with Gasteiger partial charge in [-0.25, -0.2) is 0 Å². The molecule has 2 nitrogen and oxygen atoms in total. The lowest BCUT2D eigenvalue weighted by atomic mass is 10.1. The number of rotatable bonds is 1. The molecule has 0 bridgehead atoms. The molecular weight excluding hydrogens is 296 g/mol. The second-order valence-corrected chi connectivity index (χ2v) is 4.08. The smallest absolute Gasteiger partial charge is 0.100 e. The van der Waals surface area contributed by atoms with Crippen molar-refractivity contribution in [2.75, 3.05) is 0 Å². The first-order valence-electron chi connectivity index (χ1n) is 3.44. The van der Waals surface area contributed by atoms with Crippen LogP contribution in [0.1, 0.15) is 11.1 Å². The largest absolute Gasteiger partial charge is 0.198 e. The monoisotopic (exact) mass is 298 g/mol. The molecule has 0 aliphatic rings. The van der Waals surface area contributed by atoms with E-state index in [-0.39, 0.29) is 0 Å². The van der Waals surface area contributed by atoms with Crippen LogP contribution >= 0.6 is 31.9 Å². The highest BCUT2D eigenvalue weighted by molar-refractivity contribution is 9.11. The van der Waals surface area contributed by atoms with Gasteiger partial charge in [-0.1, -0.05) is 15.9 Å². The van der Waals surface area contributed by atoms with E-state index in [0.29, 0.717) is 16.5 Å². The van der Waals surface area contributed by atoms with Crippen LogP contribution in [0.3, 0.4) is 0 Å². The number of benzene rings is 1. The molecule has 4 heteroatoms. The topological polar surface area (TPSA) is 47.6 Å². The maximum absolute atomic E-state index is 8.75. The molecule has 0 atom stereocenters. The van der Waals surface area contributed by atoms with Crippen molar-refractivity contribution in [1.82, 2.24) is 0 Å². The van der Waals surface area contributed by atoms with E-state index in [9.17, 15) is 0 Å². The van der Waals surface area contributed by atoms with Crippen LogP contribution in [0.15, 0.2) is 21.1 Å². The fraction of sp³-hybridized carbons (Fsp3) is 0.111. The van der Waals surface area contributed by atoms with Gasteiger partial charge in [-0.3, -0.25) is 0 Å². The normalized spacial score (nSPS) is 8.92. The summed E-state index contributed by atoms with van der Waals surface area (Å²) >= 11 is 6.56. The molecule has 0 unspecified atom stereocenters. The Balaban J connectivity index is 3.31. The average molecular weight is 300 g/mol. The Labute approximate surface area is 93.0 Å². The lowest BCUT2D eigenvalue weighted by molar-refractivity contribution is 1.23. The zero-order valence-corrected chi connectivity index (χ0v) is 9.68. The minimum Gasteiger partial charge on any atom is -0.198 e. The molecule has 0 saturated carbocycles. The number of hydrogen-bond donors (Lipinski definition) is 0. The molecule has 1 aromatic carbocycles. The first-order valence-corrected chi connectivity index (χ1v) is 5.02. The van der Waals surface area contributed by atoms with Gasteiger partial charge in [0.05, 0.1) is 18.1 Å². The predicted octanol–water partition coefficient (Wildman–Crippen LogP) is 3.15. The summed E-state index contributed by atoms with van der Waals surface area (Å²) in [7, 11) is 0. The third-order valence-corrected chi connectivity index (χ3v) is 2.90. The molecule has 64 valence electrons. The summed E-state index contributed by atoms with van der Waals surface area (Å²) in [4.78, 5) is 0. The van der Waals surface area contributed by atoms with Gasteiger partial charge in [0, 0.05) is 8.95 Å². The summed E-state index contributed by atoms with van der Waals surface area (Å²) in [6.07, 6.45) is 0.300. The zero-order valence-electron chi connectivity index (χ0n) is 6.51. The molecule has 0 fully saturated rings. The summed E-state index contributed by atoms with van der Waals surface area (Å²) < 4.78 is 1.53. The third-order valence-electron chi connectivity index (χ3n) is 1.50. The van der Waals surface area contributed by atoms with Crippen molar-refractivity contribution in [2.45, 2.75) is 6.42 Å². The fourth-order valence-electron chi connectivity index (χ4n) is 0.941. The lowest BCUT2D eigenvalue weighted by Crippen LogP contribution is -1.88. The molecule has 1 aromatic rings. The van der Waals surface area contributed by atoms with Crippen molar-refractivity contribution in [2.24, 2.45) is 0 Å². The first-order chi connectivity index (χ1) is 6.19. The van der Waals surface area contributed by atoms with Crippen LogP contribution in [0, 0.1) is 22.7 Å². The van der Waals surface area contributed by atoms with Crippen LogP contribution < -0.4 is 0 Å². The van der Waals surface area contributed by atoms with Crippen LogP contribution in [0.2, 0.25) is 0 Å². The van der Waals surface area contributed by atoms with Gasteiger partial charge in [0.2, 0.25) is 0 Å². The van der Waals surface area contributed by atoms with Gasteiger partial charge in [0.1, 0.15) is 6.07 Å². The molecule has 0 aliphatic heterocycles. The van der Waals surface area contributed by atoms with Gasteiger partial charge in [0.15, 0.2) is 0 Å². The SMILES string of the molecule is N#CCc1cc(Br)cc(C#N)c1Br. The number of nitrogens with zero attached hydrogens (tertiary/aromatic N) is 2. The van der Waals surface area contributed by atoms with Crippen molar-refractivity contribution in [1.29, 1.82) is 10.5 Å². The van der Waals surface area contributed by atoms with Crippen LogP contribution in [-0.4, -0.2) is 0 Å². The van der Waals surface area contributed by atoms with E-state index in [1.54, 1.807) is 6.07 Å². The number of nitriles is 2. The molecule has 0 heterocycles. The molecular formula is C9H4Br2N2. The number of hydrogen-bond acceptors (Lipinski definition) is 2. The second kappa shape index (κ2) is 4.41.